The number of carbonyl (C=O) groups is 1. The summed E-state index contributed by atoms with van der Waals surface area (Å²) in [6, 6.07) is 11.3. The van der Waals surface area contributed by atoms with Crippen LogP contribution < -0.4 is 16.6 Å². The van der Waals surface area contributed by atoms with Crippen LogP contribution in [0.5, 0.6) is 0 Å². The standard InChI is InChI=1S/C21H16BrN3O4/c22-11-6-4-10(5-7-11)14-8-9-15(29-14)17-16-12(2-1-3-13(16)26)23-19-18(17)20(27)25-21(28)24-19/h4-9,17H,1-3H2,(H3,23,24,25,27,28). The van der Waals surface area contributed by atoms with Crippen LogP contribution in [-0.4, -0.2) is 15.8 Å². The molecule has 29 heavy (non-hydrogen) atoms. The fourth-order valence-electron chi connectivity index (χ4n) is 4.06. The van der Waals surface area contributed by atoms with E-state index < -0.39 is 17.2 Å². The molecule has 8 heteroatoms. The van der Waals surface area contributed by atoms with Crippen molar-refractivity contribution < 1.29 is 9.21 Å². The van der Waals surface area contributed by atoms with Crippen molar-refractivity contribution in [3.63, 3.8) is 0 Å². The number of hydrogen-bond acceptors (Lipinski definition) is 5. The lowest BCUT2D eigenvalue weighted by atomic mass is 9.79. The predicted octanol–water partition coefficient (Wildman–Crippen LogP) is 3.65. The Morgan fingerprint density at radius 2 is 1.76 bits per heavy atom. The molecule has 1 aliphatic carbocycles. The van der Waals surface area contributed by atoms with Crippen molar-refractivity contribution in [3.05, 3.63) is 84.3 Å². The highest BCUT2D eigenvalue weighted by molar-refractivity contribution is 9.10. The number of rotatable bonds is 2. The van der Waals surface area contributed by atoms with Gasteiger partial charge in [-0.1, -0.05) is 28.1 Å². The largest absolute Gasteiger partial charge is 0.460 e. The summed E-state index contributed by atoms with van der Waals surface area (Å²) in [6.07, 6.45) is 1.82. The Kier molecular flexibility index (Phi) is 4.16. The van der Waals surface area contributed by atoms with E-state index in [0.717, 1.165) is 22.2 Å². The van der Waals surface area contributed by atoms with E-state index in [1.807, 2.05) is 30.3 Å². The lowest BCUT2D eigenvalue weighted by molar-refractivity contribution is -0.116. The summed E-state index contributed by atoms with van der Waals surface area (Å²) in [4.78, 5) is 42.2. The normalized spacial score (nSPS) is 18.2. The van der Waals surface area contributed by atoms with E-state index in [1.165, 1.54) is 0 Å². The third kappa shape index (κ3) is 3.00. The quantitative estimate of drug-likeness (QED) is 0.548. The molecule has 3 heterocycles. The molecule has 0 fully saturated rings. The monoisotopic (exact) mass is 453 g/mol. The van der Waals surface area contributed by atoms with E-state index in [-0.39, 0.29) is 11.3 Å². The Labute approximate surface area is 173 Å². The average Bonchev–Trinajstić information content (AvgIpc) is 3.17. The summed E-state index contributed by atoms with van der Waals surface area (Å²) in [5.74, 6) is 0.768. The van der Waals surface area contributed by atoms with Gasteiger partial charge in [-0.15, -0.1) is 0 Å². The molecule has 0 radical (unpaired) electrons. The van der Waals surface area contributed by atoms with E-state index >= 15 is 0 Å². The Hall–Kier alpha value is -3.13. The number of ketones is 1. The van der Waals surface area contributed by atoms with Crippen LogP contribution in [0, 0.1) is 0 Å². The number of aromatic amines is 2. The minimum Gasteiger partial charge on any atom is -0.460 e. The second-order valence-electron chi connectivity index (χ2n) is 7.13. The molecule has 3 N–H and O–H groups in total. The Morgan fingerprint density at radius 3 is 2.55 bits per heavy atom. The number of anilines is 1. The number of allylic oxidation sites excluding steroid dienone is 2. The van der Waals surface area contributed by atoms with Gasteiger partial charge in [0.1, 0.15) is 17.3 Å². The number of benzene rings is 1. The van der Waals surface area contributed by atoms with Crippen molar-refractivity contribution in [2.24, 2.45) is 0 Å². The summed E-state index contributed by atoms with van der Waals surface area (Å²) >= 11 is 3.41. The maximum atomic E-state index is 12.8. The SMILES string of the molecule is O=C1CCCC2=C1C(c1ccc(-c3ccc(Br)cc3)o1)c1c([nH]c(=O)[nH]c1=O)N2. The Morgan fingerprint density at radius 1 is 0.966 bits per heavy atom. The lowest BCUT2D eigenvalue weighted by Gasteiger charge is -2.31. The van der Waals surface area contributed by atoms with Gasteiger partial charge in [-0.3, -0.25) is 19.6 Å². The first-order valence-electron chi connectivity index (χ1n) is 9.26. The zero-order valence-electron chi connectivity index (χ0n) is 15.2. The molecule has 2 aromatic heterocycles. The topological polar surface area (TPSA) is 108 Å². The maximum absolute atomic E-state index is 12.8. The first-order valence-corrected chi connectivity index (χ1v) is 10.1. The summed E-state index contributed by atoms with van der Waals surface area (Å²) < 4.78 is 7.07. The number of hydrogen-bond donors (Lipinski definition) is 3. The number of furan rings is 1. The fourth-order valence-corrected chi connectivity index (χ4v) is 4.32. The third-order valence-electron chi connectivity index (χ3n) is 5.33. The summed E-state index contributed by atoms with van der Waals surface area (Å²) in [5.41, 5.74) is 1.32. The smallest absolute Gasteiger partial charge is 0.327 e. The van der Waals surface area contributed by atoms with Crippen LogP contribution in [-0.2, 0) is 4.79 Å². The molecule has 146 valence electrons. The van der Waals surface area contributed by atoms with Crippen molar-refractivity contribution >= 4 is 27.5 Å². The molecule has 2 aliphatic rings. The van der Waals surface area contributed by atoms with Crippen LogP contribution in [0.1, 0.15) is 36.5 Å². The van der Waals surface area contributed by atoms with Crippen molar-refractivity contribution in [3.8, 4) is 11.3 Å². The van der Waals surface area contributed by atoms with Crippen LogP contribution in [0.25, 0.3) is 11.3 Å². The van der Waals surface area contributed by atoms with Crippen molar-refractivity contribution in [2.75, 3.05) is 5.32 Å². The minimum atomic E-state index is -0.668. The lowest BCUT2D eigenvalue weighted by Crippen LogP contribution is -2.35. The zero-order chi connectivity index (χ0) is 20.1. The highest BCUT2D eigenvalue weighted by atomic mass is 79.9. The van der Waals surface area contributed by atoms with E-state index in [4.69, 9.17) is 4.42 Å². The zero-order valence-corrected chi connectivity index (χ0v) is 16.8. The van der Waals surface area contributed by atoms with Gasteiger partial charge in [0, 0.05) is 27.7 Å². The maximum Gasteiger partial charge on any atom is 0.327 e. The molecule has 1 atom stereocenters. The second-order valence-corrected chi connectivity index (χ2v) is 8.05. The first kappa shape index (κ1) is 17.9. The van der Waals surface area contributed by atoms with Crippen molar-refractivity contribution in [2.45, 2.75) is 25.2 Å². The number of halogens is 1. The highest BCUT2D eigenvalue weighted by Crippen LogP contribution is 2.44. The fraction of sp³-hybridized carbons (Fsp3) is 0.190. The molecular weight excluding hydrogens is 438 g/mol. The van der Waals surface area contributed by atoms with E-state index in [0.29, 0.717) is 35.8 Å². The van der Waals surface area contributed by atoms with Crippen LogP contribution in [0.15, 0.2) is 66.1 Å². The Bertz CT molecular complexity index is 1280. The number of fused-ring (bicyclic) bond motifs is 1. The minimum absolute atomic E-state index is 0.0124. The molecular formula is C21H16BrN3O4. The number of aromatic nitrogens is 2. The van der Waals surface area contributed by atoms with Gasteiger partial charge in [0.25, 0.3) is 5.56 Å². The van der Waals surface area contributed by atoms with Gasteiger partial charge in [-0.05, 0) is 37.1 Å². The van der Waals surface area contributed by atoms with E-state index in [9.17, 15) is 14.4 Å². The van der Waals surface area contributed by atoms with Gasteiger partial charge in [0.05, 0.1) is 11.5 Å². The number of nitrogens with one attached hydrogen (secondary N) is 3. The predicted molar refractivity (Wildman–Crippen MR) is 111 cm³/mol. The number of H-pyrrole nitrogens is 2. The molecule has 1 aliphatic heterocycles. The molecule has 0 spiro atoms. The van der Waals surface area contributed by atoms with Crippen LogP contribution in [0.2, 0.25) is 0 Å². The van der Waals surface area contributed by atoms with Crippen LogP contribution in [0.3, 0.4) is 0 Å². The van der Waals surface area contributed by atoms with E-state index in [2.05, 4.69) is 31.2 Å². The van der Waals surface area contributed by atoms with Gasteiger partial charge in [-0.25, -0.2) is 4.79 Å². The molecule has 1 unspecified atom stereocenters. The number of carbonyl (C=O) groups excluding carboxylic acids is 1. The van der Waals surface area contributed by atoms with Gasteiger partial charge in [0.2, 0.25) is 0 Å². The molecule has 3 aromatic rings. The van der Waals surface area contributed by atoms with Crippen molar-refractivity contribution in [1.82, 2.24) is 9.97 Å². The third-order valence-corrected chi connectivity index (χ3v) is 5.86. The molecule has 0 amide bonds. The molecule has 0 bridgehead atoms. The van der Waals surface area contributed by atoms with Gasteiger partial charge < -0.3 is 9.73 Å². The molecule has 0 saturated heterocycles. The highest BCUT2D eigenvalue weighted by Gasteiger charge is 2.39. The summed E-state index contributed by atoms with van der Waals surface area (Å²) in [5, 5.41) is 3.09. The van der Waals surface area contributed by atoms with Crippen molar-refractivity contribution in [1.29, 1.82) is 0 Å². The molecule has 0 saturated carbocycles. The van der Waals surface area contributed by atoms with Crippen LogP contribution in [0.4, 0.5) is 5.82 Å². The summed E-state index contributed by atoms with van der Waals surface area (Å²) in [6.45, 7) is 0. The number of Topliss-reactive ketones (excluding diaryl/α,β-unsaturated/α-hetero) is 1. The molecule has 5 rings (SSSR count). The first-order chi connectivity index (χ1) is 14.0. The molecule has 1 aromatic carbocycles. The molecule has 7 nitrogen and oxygen atoms in total. The van der Waals surface area contributed by atoms with Gasteiger partial charge in [0.15, 0.2) is 5.78 Å². The summed E-state index contributed by atoms with van der Waals surface area (Å²) in [7, 11) is 0. The second kappa shape index (κ2) is 6.73. The Balaban J connectivity index is 1.69. The van der Waals surface area contributed by atoms with E-state index in [1.54, 1.807) is 6.07 Å². The van der Waals surface area contributed by atoms with Crippen LogP contribution >= 0.6 is 15.9 Å². The average molecular weight is 454 g/mol. The van der Waals surface area contributed by atoms with Gasteiger partial charge in [-0.2, -0.15) is 0 Å². The van der Waals surface area contributed by atoms with Gasteiger partial charge >= 0.3 is 5.69 Å².